The summed E-state index contributed by atoms with van der Waals surface area (Å²) >= 11 is 0. The van der Waals surface area contributed by atoms with E-state index in [9.17, 15) is 4.39 Å². The molecule has 152 valence electrons. The van der Waals surface area contributed by atoms with E-state index in [1.807, 2.05) is 30.3 Å². The predicted molar refractivity (Wildman–Crippen MR) is 115 cm³/mol. The van der Waals surface area contributed by atoms with Crippen molar-refractivity contribution in [2.45, 2.75) is 19.0 Å². The first-order valence-electron chi connectivity index (χ1n) is 9.02. The van der Waals surface area contributed by atoms with E-state index >= 15 is 0 Å². The van der Waals surface area contributed by atoms with E-state index in [1.165, 1.54) is 12.1 Å². The van der Waals surface area contributed by atoms with Crippen LogP contribution in [0, 0.1) is 5.82 Å². The van der Waals surface area contributed by atoms with Crippen molar-refractivity contribution in [3.05, 3.63) is 59.9 Å². The van der Waals surface area contributed by atoms with Crippen LogP contribution in [0.4, 0.5) is 10.3 Å². The lowest BCUT2D eigenvalue weighted by Gasteiger charge is -2.17. The Kier molecular flexibility index (Phi) is 8.07. The van der Waals surface area contributed by atoms with Crippen LogP contribution in [0.1, 0.15) is 12.0 Å². The highest BCUT2D eigenvalue weighted by Gasteiger charge is 2.23. The smallest absolute Gasteiger partial charge is 0.204 e. The van der Waals surface area contributed by atoms with E-state index in [1.54, 1.807) is 0 Å². The summed E-state index contributed by atoms with van der Waals surface area (Å²) in [5.74, 6) is 0.615. The summed E-state index contributed by atoms with van der Waals surface area (Å²) in [6, 6.07) is 15.0. The fourth-order valence-corrected chi connectivity index (χ4v) is 3.60. The molecule has 3 aromatic rings. The van der Waals surface area contributed by atoms with E-state index in [-0.39, 0.29) is 37.2 Å². The first kappa shape index (κ1) is 22.4. The summed E-state index contributed by atoms with van der Waals surface area (Å²) in [5.41, 5.74) is 3.04. The molecule has 1 saturated heterocycles. The number of nitrogens with zero attached hydrogens (tertiary/aromatic N) is 3. The van der Waals surface area contributed by atoms with Gasteiger partial charge in [-0.2, -0.15) is 0 Å². The molecular formula is C20H25Cl2FN4O. The quantitative estimate of drug-likeness (QED) is 0.632. The highest BCUT2D eigenvalue weighted by Crippen LogP contribution is 2.23. The van der Waals surface area contributed by atoms with Crippen LogP contribution in [0.3, 0.4) is 0 Å². The third-order valence-corrected chi connectivity index (χ3v) is 4.93. The number of rotatable bonds is 6. The van der Waals surface area contributed by atoms with Crippen molar-refractivity contribution in [1.82, 2.24) is 14.5 Å². The van der Waals surface area contributed by atoms with Crippen LogP contribution in [0.5, 0.6) is 0 Å². The average molecular weight is 427 g/mol. The third kappa shape index (κ3) is 4.94. The lowest BCUT2D eigenvalue weighted by molar-refractivity contribution is 0.221. The Bertz CT molecular complexity index is 888. The Morgan fingerprint density at radius 3 is 2.61 bits per heavy atom. The molecule has 1 fully saturated rings. The molecule has 2 aromatic carbocycles. The molecule has 1 aliphatic heterocycles. The average Bonchev–Trinajstić information content (AvgIpc) is 3.22. The Balaban J connectivity index is 0.00000140. The number of hydrogen-bond donors (Lipinski definition) is 2. The van der Waals surface area contributed by atoms with Gasteiger partial charge < -0.3 is 15.0 Å². The first-order valence-corrected chi connectivity index (χ1v) is 9.02. The lowest BCUT2D eigenvalue weighted by atomic mass is 10.2. The van der Waals surface area contributed by atoms with Gasteiger partial charge in [0, 0.05) is 25.7 Å². The number of β-amino-alcohol motifs (C(OH)–C–C–N with tert-alkyl or cyclic N) is 1. The van der Waals surface area contributed by atoms with Gasteiger partial charge >= 0.3 is 0 Å². The number of anilines is 1. The molecule has 1 aliphatic rings. The molecule has 0 saturated carbocycles. The molecule has 0 amide bonds. The number of hydrogen-bond acceptors (Lipinski definition) is 4. The van der Waals surface area contributed by atoms with Crippen molar-refractivity contribution >= 4 is 41.8 Å². The summed E-state index contributed by atoms with van der Waals surface area (Å²) in [7, 11) is 0. The predicted octanol–water partition coefficient (Wildman–Crippen LogP) is 3.55. The molecule has 2 N–H and O–H groups in total. The Morgan fingerprint density at radius 2 is 1.86 bits per heavy atom. The molecule has 1 unspecified atom stereocenters. The topological polar surface area (TPSA) is 53.3 Å². The van der Waals surface area contributed by atoms with Gasteiger partial charge in [0.15, 0.2) is 0 Å². The van der Waals surface area contributed by atoms with Gasteiger partial charge in [-0.1, -0.05) is 24.3 Å². The zero-order valence-corrected chi connectivity index (χ0v) is 17.1. The summed E-state index contributed by atoms with van der Waals surface area (Å²) in [5, 5.41) is 12.7. The number of aromatic nitrogens is 2. The second kappa shape index (κ2) is 10.1. The maximum Gasteiger partial charge on any atom is 0.204 e. The van der Waals surface area contributed by atoms with E-state index < -0.39 is 0 Å². The SMILES string of the molecule is Cl.Cl.OCCN1CCC(Nc2nc3ccccc3n2Cc2ccc(F)cc2)C1. The number of benzene rings is 2. The fourth-order valence-electron chi connectivity index (χ4n) is 3.60. The van der Waals surface area contributed by atoms with Crippen molar-refractivity contribution < 1.29 is 9.50 Å². The molecule has 1 atom stereocenters. The zero-order chi connectivity index (χ0) is 17.9. The number of halogens is 3. The number of aliphatic hydroxyl groups excluding tert-OH is 1. The van der Waals surface area contributed by atoms with Crippen molar-refractivity contribution in [3.8, 4) is 0 Å². The maximum atomic E-state index is 13.2. The van der Waals surface area contributed by atoms with Gasteiger partial charge in [-0.25, -0.2) is 9.37 Å². The van der Waals surface area contributed by atoms with E-state index in [0.29, 0.717) is 19.1 Å². The minimum absolute atomic E-state index is 0. The molecule has 1 aromatic heterocycles. The monoisotopic (exact) mass is 426 g/mol. The number of fused-ring (bicyclic) bond motifs is 1. The molecule has 5 nitrogen and oxygen atoms in total. The minimum Gasteiger partial charge on any atom is -0.395 e. The van der Waals surface area contributed by atoms with Crippen LogP contribution in [-0.4, -0.2) is 51.8 Å². The van der Waals surface area contributed by atoms with Crippen molar-refractivity contribution in [2.75, 3.05) is 31.6 Å². The van der Waals surface area contributed by atoms with Gasteiger partial charge in [0.1, 0.15) is 5.82 Å². The first-order chi connectivity index (χ1) is 12.7. The minimum atomic E-state index is -0.225. The molecule has 0 radical (unpaired) electrons. The van der Waals surface area contributed by atoms with Crippen molar-refractivity contribution in [1.29, 1.82) is 0 Å². The Hall–Kier alpha value is -1.86. The second-order valence-corrected chi connectivity index (χ2v) is 6.79. The number of imidazole rings is 1. The molecule has 0 bridgehead atoms. The van der Waals surface area contributed by atoms with Gasteiger partial charge in [0.25, 0.3) is 0 Å². The van der Waals surface area contributed by atoms with E-state index in [4.69, 9.17) is 10.1 Å². The maximum absolute atomic E-state index is 13.2. The lowest BCUT2D eigenvalue weighted by Crippen LogP contribution is -2.29. The highest BCUT2D eigenvalue weighted by atomic mass is 35.5. The van der Waals surface area contributed by atoms with E-state index in [2.05, 4.69) is 20.9 Å². The normalized spacial score (nSPS) is 16.6. The van der Waals surface area contributed by atoms with Crippen LogP contribution in [0.15, 0.2) is 48.5 Å². The van der Waals surface area contributed by atoms with Gasteiger partial charge in [-0.3, -0.25) is 4.90 Å². The van der Waals surface area contributed by atoms with Gasteiger partial charge in [-0.15, -0.1) is 24.8 Å². The Morgan fingerprint density at radius 1 is 1.11 bits per heavy atom. The molecule has 0 aliphatic carbocycles. The molecule has 8 heteroatoms. The number of aliphatic hydroxyl groups is 1. The standard InChI is InChI=1S/C20H23FN4O.2ClH/c21-16-7-5-15(6-8-16)13-25-19-4-2-1-3-18(19)23-20(25)22-17-9-10-24(14-17)11-12-26;;/h1-8,17,26H,9-14H2,(H,22,23);2*1H. The van der Waals surface area contributed by atoms with Crippen LogP contribution >= 0.6 is 24.8 Å². The largest absolute Gasteiger partial charge is 0.395 e. The summed E-state index contributed by atoms with van der Waals surface area (Å²) in [6.45, 7) is 3.42. The fraction of sp³-hybridized carbons (Fsp3) is 0.350. The van der Waals surface area contributed by atoms with Crippen LogP contribution in [0.25, 0.3) is 11.0 Å². The van der Waals surface area contributed by atoms with Crippen LogP contribution in [-0.2, 0) is 6.54 Å². The molecule has 28 heavy (non-hydrogen) atoms. The molecule has 0 spiro atoms. The number of para-hydroxylation sites is 2. The van der Waals surface area contributed by atoms with Gasteiger partial charge in [0.2, 0.25) is 5.95 Å². The zero-order valence-electron chi connectivity index (χ0n) is 15.4. The molecule has 2 heterocycles. The number of nitrogens with one attached hydrogen (secondary N) is 1. The highest BCUT2D eigenvalue weighted by molar-refractivity contribution is 5.85. The van der Waals surface area contributed by atoms with Crippen LogP contribution < -0.4 is 5.32 Å². The summed E-state index contributed by atoms with van der Waals surface area (Å²) < 4.78 is 15.4. The van der Waals surface area contributed by atoms with Gasteiger partial charge in [-0.05, 0) is 36.2 Å². The molecular weight excluding hydrogens is 402 g/mol. The van der Waals surface area contributed by atoms with Crippen LogP contribution in [0.2, 0.25) is 0 Å². The summed E-state index contributed by atoms with van der Waals surface area (Å²) in [6.07, 6.45) is 1.03. The van der Waals surface area contributed by atoms with Gasteiger partial charge in [0.05, 0.1) is 24.2 Å². The van der Waals surface area contributed by atoms with Crippen molar-refractivity contribution in [2.24, 2.45) is 0 Å². The molecule has 4 rings (SSSR count). The van der Waals surface area contributed by atoms with E-state index in [0.717, 1.165) is 42.1 Å². The Labute approximate surface area is 176 Å². The summed E-state index contributed by atoms with van der Waals surface area (Å²) in [4.78, 5) is 7.03. The second-order valence-electron chi connectivity index (χ2n) is 6.79. The third-order valence-electron chi connectivity index (χ3n) is 4.93. The van der Waals surface area contributed by atoms with Crippen molar-refractivity contribution in [3.63, 3.8) is 0 Å². The number of likely N-dealkylation sites (tertiary alicyclic amines) is 1.